The van der Waals surface area contributed by atoms with Crippen LogP contribution in [-0.4, -0.2) is 46.0 Å². The van der Waals surface area contributed by atoms with E-state index in [0.29, 0.717) is 42.5 Å². The van der Waals surface area contributed by atoms with Gasteiger partial charge < -0.3 is 14.1 Å². The number of carbonyl (C=O) groups is 1. The van der Waals surface area contributed by atoms with Gasteiger partial charge in [0.15, 0.2) is 0 Å². The summed E-state index contributed by atoms with van der Waals surface area (Å²) in [4.78, 5) is 14.4. The molecule has 0 saturated heterocycles. The highest BCUT2D eigenvalue weighted by atomic mass is 19.4. The highest BCUT2D eigenvalue weighted by Crippen LogP contribution is 2.43. The number of amides is 1. The van der Waals surface area contributed by atoms with Gasteiger partial charge in [-0.2, -0.15) is 13.2 Å². The topological polar surface area (TPSA) is 73.4 Å². The molecule has 0 aliphatic carbocycles. The van der Waals surface area contributed by atoms with E-state index in [-0.39, 0.29) is 41.0 Å². The first kappa shape index (κ1) is 24.5. The fraction of sp³-hybridized carbons (Fsp3) is 0.269. The molecule has 4 aromatic rings. The van der Waals surface area contributed by atoms with Crippen LogP contribution in [-0.2, 0) is 17.5 Å². The second-order valence-electron chi connectivity index (χ2n) is 8.59. The number of aryl methyl sites for hydroxylation is 1. The average molecular weight is 514 g/mol. The van der Waals surface area contributed by atoms with Crippen molar-refractivity contribution in [2.45, 2.75) is 25.6 Å². The number of aromatic nitrogens is 3. The highest BCUT2D eigenvalue weighted by Gasteiger charge is 2.37. The first-order chi connectivity index (χ1) is 17.8. The summed E-state index contributed by atoms with van der Waals surface area (Å²) in [5.74, 6) is -1.88. The summed E-state index contributed by atoms with van der Waals surface area (Å²) in [6.07, 6.45) is 0.846. The van der Waals surface area contributed by atoms with Crippen LogP contribution in [0.2, 0.25) is 0 Å². The van der Waals surface area contributed by atoms with Crippen LogP contribution < -0.4 is 4.74 Å². The molecule has 0 saturated carbocycles. The number of carbonyl (C=O) groups excluding carboxylic acids is 1. The van der Waals surface area contributed by atoms with Gasteiger partial charge in [0.1, 0.15) is 17.1 Å². The lowest BCUT2D eigenvalue weighted by atomic mass is 9.93. The summed E-state index contributed by atoms with van der Waals surface area (Å²) in [5.41, 5.74) is 1.10. The molecule has 1 aliphatic rings. The number of hydrogen-bond donors (Lipinski definition) is 0. The van der Waals surface area contributed by atoms with Gasteiger partial charge in [0.2, 0.25) is 11.7 Å². The number of alkyl halides is 3. The summed E-state index contributed by atoms with van der Waals surface area (Å²) in [6, 6.07) is 8.90. The molecule has 0 bridgehead atoms. The maximum absolute atomic E-state index is 15.8. The number of halogens is 4. The number of rotatable bonds is 6. The fourth-order valence-corrected chi connectivity index (χ4v) is 4.49. The number of furan rings is 1. The monoisotopic (exact) mass is 514 g/mol. The van der Waals surface area contributed by atoms with Gasteiger partial charge in [0.05, 0.1) is 25.2 Å². The molecule has 11 heteroatoms. The molecule has 2 aromatic carbocycles. The van der Waals surface area contributed by atoms with E-state index < -0.39 is 17.8 Å². The van der Waals surface area contributed by atoms with E-state index in [1.54, 1.807) is 40.0 Å². The van der Waals surface area contributed by atoms with Gasteiger partial charge >= 0.3 is 6.18 Å². The molecule has 0 N–H and O–H groups in total. The van der Waals surface area contributed by atoms with E-state index in [9.17, 15) is 18.0 Å². The maximum atomic E-state index is 15.8. The van der Waals surface area contributed by atoms with Crippen LogP contribution in [0.3, 0.4) is 0 Å². The summed E-state index contributed by atoms with van der Waals surface area (Å²) in [7, 11) is 1.44. The van der Waals surface area contributed by atoms with Crippen molar-refractivity contribution in [2.24, 2.45) is 0 Å². The van der Waals surface area contributed by atoms with Gasteiger partial charge in [-0.15, -0.1) is 5.10 Å². The zero-order chi connectivity index (χ0) is 26.2. The zero-order valence-electron chi connectivity index (χ0n) is 19.8. The first-order valence-electron chi connectivity index (χ1n) is 11.5. The molecule has 0 fully saturated rings. The van der Waals surface area contributed by atoms with Crippen molar-refractivity contribution in [1.82, 2.24) is 19.9 Å². The van der Waals surface area contributed by atoms with Crippen LogP contribution in [0.5, 0.6) is 5.75 Å². The summed E-state index contributed by atoms with van der Waals surface area (Å²) < 4.78 is 68.4. The number of nitrogens with zero attached hydrogens (tertiary/aromatic N) is 4. The van der Waals surface area contributed by atoms with Crippen LogP contribution in [0.25, 0.3) is 27.7 Å². The largest absolute Gasteiger partial charge is 0.496 e. The van der Waals surface area contributed by atoms with Gasteiger partial charge in [-0.05, 0) is 30.2 Å². The molecule has 2 aromatic heterocycles. The van der Waals surface area contributed by atoms with Crippen molar-refractivity contribution in [3.8, 4) is 16.9 Å². The van der Waals surface area contributed by atoms with E-state index in [1.807, 2.05) is 6.08 Å². The Labute approximate surface area is 208 Å². The molecule has 7 nitrogen and oxygen atoms in total. The minimum atomic E-state index is -4.79. The number of ether oxygens (including phenoxy) is 1. The van der Waals surface area contributed by atoms with Crippen molar-refractivity contribution in [3.05, 3.63) is 72.0 Å². The molecule has 192 valence electrons. The normalized spacial score (nSPS) is 14.2. The number of benzene rings is 2. The Kier molecular flexibility index (Phi) is 6.45. The highest BCUT2D eigenvalue weighted by molar-refractivity contribution is 5.98. The van der Waals surface area contributed by atoms with Gasteiger partial charge in [-0.1, -0.05) is 29.5 Å². The maximum Gasteiger partial charge on any atom is 0.449 e. The van der Waals surface area contributed by atoms with Gasteiger partial charge in [0.25, 0.3) is 0 Å². The fourth-order valence-electron chi connectivity index (χ4n) is 4.49. The van der Waals surface area contributed by atoms with Crippen LogP contribution in [0, 0.1) is 5.82 Å². The van der Waals surface area contributed by atoms with Crippen molar-refractivity contribution < 1.29 is 31.5 Å². The molecule has 3 heterocycles. The molecule has 1 amide bonds. The SMILES string of the molecule is COc1ccccc1-c1cc(C2=CCCN(C(=O)CCn3ccnn3)C2)c(F)c2cc(C(F)(F)F)oc12. The number of hydrogen-bond acceptors (Lipinski definition) is 5. The van der Waals surface area contributed by atoms with E-state index in [4.69, 9.17) is 9.15 Å². The molecular formula is C26H22F4N4O3. The molecular weight excluding hydrogens is 492 g/mol. The Morgan fingerprint density at radius 3 is 2.70 bits per heavy atom. The minimum absolute atomic E-state index is 0.108. The summed E-state index contributed by atoms with van der Waals surface area (Å²) in [6.45, 7) is 0.919. The lowest BCUT2D eigenvalue weighted by molar-refractivity contribution is -0.152. The standard InChI is InChI=1S/C26H22F4N4O3/c1-36-21-7-3-2-6-17(21)19-13-18(24(27)20-14-22(26(28,29)30)37-25(19)20)16-5-4-10-33(15-16)23(35)8-11-34-12-9-31-32-34/h2-3,5-7,9,12-14H,4,8,10-11,15H2,1H3. The van der Waals surface area contributed by atoms with Crippen molar-refractivity contribution in [1.29, 1.82) is 0 Å². The van der Waals surface area contributed by atoms with Crippen LogP contribution in [0.15, 0.2) is 59.3 Å². The van der Waals surface area contributed by atoms with Gasteiger partial charge in [0, 0.05) is 42.4 Å². The molecule has 37 heavy (non-hydrogen) atoms. The Morgan fingerprint density at radius 1 is 1.16 bits per heavy atom. The van der Waals surface area contributed by atoms with E-state index in [2.05, 4.69) is 10.3 Å². The first-order valence-corrected chi connectivity index (χ1v) is 11.5. The molecule has 0 spiro atoms. The van der Waals surface area contributed by atoms with E-state index in [0.717, 1.165) is 0 Å². The van der Waals surface area contributed by atoms with Gasteiger partial charge in [-0.3, -0.25) is 9.48 Å². The third-order valence-corrected chi connectivity index (χ3v) is 6.29. The van der Waals surface area contributed by atoms with Crippen molar-refractivity contribution in [2.75, 3.05) is 20.2 Å². The number of methoxy groups -OCH3 is 1. The number of para-hydroxylation sites is 1. The van der Waals surface area contributed by atoms with Crippen LogP contribution >= 0.6 is 0 Å². The van der Waals surface area contributed by atoms with Gasteiger partial charge in [-0.25, -0.2) is 4.39 Å². The lowest BCUT2D eigenvalue weighted by Gasteiger charge is -2.28. The molecule has 0 unspecified atom stereocenters. The van der Waals surface area contributed by atoms with Crippen LogP contribution in [0.1, 0.15) is 24.2 Å². The Bertz CT molecular complexity index is 1480. The Morgan fingerprint density at radius 2 is 1.97 bits per heavy atom. The predicted molar refractivity (Wildman–Crippen MR) is 127 cm³/mol. The van der Waals surface area contributed by atoms with E-state index >= 15 is 4.39 Å². The zero-order valence-corrected chi connectivity index (χ0v) is 19.8. The Balaban J connectivity index is 1.55. The minimum Gasteiger partial charge on any atom is -0.496 e. The number of fused-ring (bicyclic) bond motifs is 1. The van der Waals surface area contributed by atoms with Crippen LogP contribution in [0.4, 0.5) is 17.6 Å². The molecule has 1 aliphatic heterocycles. The molecule has 0 radical (unpaired) electrons. The molecule has 0 atom stereocenters. The second kappa shape index (κ2) is 9.72. The smallest absolute Gasteiger partial charge is 0.449 e. The third-order valence-electron chi connectivity index (χ3n) is 6.29. The summed E-state index contributed by atoms with van der Waals surface area (Å²) in [5, 5.41) is 7.27. The quantitative estimate of drug-likeness (QED) is 0.315. The van der Waals surface area contributed by atoms with Crippen molar-refractivity contribution >= 4 is 22.4 Å². The van der Waals surface area contributed by atoms with Crippen molar-refractivity contribution in [3.63, 3.8) is 0 Å². The average Bonchev–Trinajstić information content (AvgIpc) is 3.58. The molecule has 5 rings (SSSR count). The second-order valence-corrected chi connectivity index (χ2v) is 8.59. The predicted octanol–water partition coefficient (Wildman–Crippen LogP) is 5.56. The summed E-state index contributed by atoms with van der Waals surface area (Å²) >= 11 is 0. The third kappa shape index (κ3) is 4.81. The lowest BCUT2D eigenvalue weighted by Crippen LogP contribution is -2.36. The van der Waals surface area contributed by atoms with E-state index in [1.165, 1.54) is 19.4 Å². The Hall–Kier alpha value is -4.15.